The van der Waals surface area contributed by atoms with Gasteiger partial charge in [0.05, 0.1) is 13.2 Å². The molecule has 0 saturated carbocycles. The second kappa shape index (κ2) is 11.9. The van der Waals surface area contributed by atoms with E-state index in [2.05, 4.69) is 72.5 Å². The van der Waals surface area contributed by atoms with E-state index in [0.29, 0.717) is 13.2 Å². The molecule has 5 heteroatoms. The van der Waals surface area contributed by atoms with Crippen LogP contribution in [0.25, 0.3) is 0 Å². The predicted molar refractivity (Wildman–Crippen MR) is 102 cm³/mol. The first-order chi connectivity index (χ1) is 11.6. The van der Waals surface area contributed by atoms with E-state index in [4.69, 9.17) is 4.74 Å². The number of methoxy groups -OCH3 is 1. The lowest BCUT2D eigenvalue weighted by molar-refractivity contribution is 0.179. The minimum Gasteiger partial charge on any atom is -0.383 e. The van der Waals surface area contributed by atoms with Crippen molar-refractivity contribution in [3.8, 4) is 0 Å². The lowest BCUT2D eigenvalue weighted by Crippen LogP contribution is -2.43. The van der Waals surface area contributed by atoms with Crippen LogP contribution < -0.4 is 10.6 Å². The van der Waals surface area contributed by atoms with Gasteiger partial charge in [0, 0.05) is 26.2 Å². The molecule has 0 aliphatic heterocycles. The molecular weight excluding hydrogens is 300 g/mol. The number of benzene rings is 1. The normalized spacial score (nSPS) is 13.2. The molecule has 0 bridgehead atoms. The van der Waals surface area contributed by atoms with Gasteiger partial charge < -0.3 is 15.4 Å². The van der Waals surface area contributed by atoms with Gasteiger partial charge in [0.15, 0.2) is 5.96 Å². The summed E-state index contributed by atoms with van der Waals surface area (Å²) in [6, 6.07) is 8.98. The van der Waals surface area contributed by atoms with Crippen molar-refractivity contribution < 1.29 is 4.74 Å². The highest BCUT2D eigenvalue weighted by molar-refractivity contribution is 5.80. The monoisotopic (exact) mass is 334 g/mol. The van der Waals surface area contributed by atoms with Crippen molar-refractivity contribution in [3.63, 3.8) is 0 Å². The highest BCUT2D eigenvalue weighted by atomic mass is 16.5. The van der Waals surface area contributed by atoms with Crippen molar-refractivity contribution in [2.24, 2.45) is 4.99 Å². The molecule has 1 aromatic carbocycles. The van der Waals surface area contributed by atoms with E-state index in [0.717, 1.165) is 32.1 Å². The van der Waals surface area contributed by atoms with Gasteiger partial charge in [0.25, 0.3) is 0 Å². The van der Waals surface area contributed by atoms with Gasteiger partial charge in [-0.05, 0) is 38.1 Å². The molecule has 5 nitrogen and oxygen atoms in total. The maximum Gasteiger partial charge on any atom is 0.191 e. The Morgan fingerprint density at radius 1 is 1.12 bits per heavy atom. The van der Waals surface area contributed by atoms with Gasteiger partial charge in [-0.1, -0.05) is 38.1 Å². The number of aliphatic imine (C=N–C) groups is 1. The smallest absolute Gasteiger partial charge is 0.191 e. The summed E-state index contributed by atoms with van der Waals surface area (Å²) in [7, 11) is 1.71. The topological polar surface area (TPSA) is 48.9 Å². The van der Waals surface area contributed by atoms with E-state index < -0.39 is 0 Å². The molecule has 0 radical (unpaired) electrons. The Hall–Kier alpha value is -1.59. The Balaban J connectivity index is 2.62. The van der Waals surface area contributed by atoms with Gasteiger partial charge in [0.2, 0.25) is 0 Å². The third-order valence-electron chi connectivity index (χ3n) is 3.89. The molecule has 0 spiro atoms. The van der Waals surface area contributed by atoms with Gasteiger partial charge in [-0.25, -0.2) is 4.99 Å². The molecule has 0 amide bonds. The summed E-state index contributed by atoms with van der Waals surface area (Å²) in [6.45, 7) is 13.9. The van der Waals surface area contributed by atoms with Crippen molar-refractivity contribution in [1.29, 1.82) is 0 Å². The molecule has 136 valence electrons. The van der Waals surface area contributed by atoms with Crippen molar-refractivity contribution in [2.45, 2.75) is 46.8 Å². The van der Waals surface area contributed by atoms with Crippen LogP contribution >= 0.6 is 0 Å². The molecule has 2 N–H and O–H groups in total. The van der Waals surface area contributed by atoms with E-state index in [1.165, 1.54) is 11.1 Å². The quantitative estimate of drug-likeness (QED) is 0.510. The first kappa shape index (κ1) is 20.5. The fraction of sp³-hybridized carbons (Fsp3) is 0.632. The average Bonchev–Trinajstić information content (AvgIpc) is 2.59. The number of ether oxygens (including phenoxy) is 1. The molecule has 0 saturated heterocycles. The number of hydrogen-bond donors (Lipinski definition) is 2. The summed E-state index contributed by atoms with van der Waals surface area (Å²) in [5.74, 6) is 0.828. The first-order valence-electron chi connectivity index (χ1n) is 8.96. The Labute approximate surface area is 147 Å². The van der Waals surface area contributed by atoms with Crippen LogP contribution in [0.1, 0.15) is 38.8 Å². The highest BCUT2D eigenvalue weighted by Crippen LogP contribution is 2.08. The molecule has 1 unspecified atom stereocenters. The van der Waals surface area contributed by atoms with Crippen molar-refractivity contribution in [3.05, 3.63) is 35.4 Å². The van der Waals surface area contributed by atoms with Gasteiger partial charge >= 0.3 is 0 Å². The largest absolute Gasteiger partial charge is 0.383 e. The van der Waals surface area contributed by atoms with E-state index in [1.807, 2.05) is 0 Å². The maximum absolute atomic E-state index is 5.16. The number of guanidine groups is 1. The molecule has 0 aliphatic rings. The SMILES string of the molecule is CCNC(=NCc1ccc(CN(CC)CC)cc1)NC(C)COC. The van der Waals surface area contributed by atoms with Crippen molar-refractivity contribution in [2.75, 3.05) is 33.4 Å². The maximum atomic E-state index is 5.16. The Kier molecular flexibility index (Phi) is 10.1. The van der Waals surface area contributed by atoms with Crippen LogP contribution in [0.2, 0.25) is 0 Å². The van der Waals surface area contributed by atoms with E-state index in [-0.39, 0.29) is 6.04 Å². The zero-order valence-corrected chi connectivity index (χ0v) is 15.9. The number of nitrogens with zero attached hydrogens (tertiary/aromatic N) is 2. The molecule has 0 heterocycles. The second-order valence-electron chi connectivity index (χ2n) is 5.97. The highest BCUT2D eigenvalue weighted by Gasteiger charge is 2.05. The first-order valence-corrected chi connectivity index (χ1v) is 8.96. The van der Waals surface area contributed by atoms with Crippen molar-refractivity contribution >= 4 is 5.96 Å². The Bertz CT molecular complexity index is 469. The van der Waals surface area contributed by atoms with Gasteiger partial charge in [-0.2, -0.15) is 0 Å². The van der Waals surface area contributed by atoms with Crippen LogP contribution in [-0.4, -0.2) is 50.3 Å². The number of rotatable bonds is 10. The lowest BCUT2D eigenvalue weighted by Gasteiger charge is -2.18. The molecule has 0 aromatic heterocycles. The van der Waals surface area contributed by atoms with Crippen LogP contribution in [0.15, 0.2) is 29.3 Å². The van der Waals surface area contributed by atoms with Crippen molar-refractivity contribution in [1.82, 2.24) is 15.5 Å². The molecule has 0 fully saturated rings. The second-order valence-corrected chi connectivity index (χ2v) is 5.97. The molecule has 1 atom stereocenters. The van der Waals surface area contributed by atoms with Gasteiger partial charge in [-0.15, -0.1) is 0 Å². The van der Waals surface area contributed by atoms with Crippen LogP contribution in [-0.2, 0) is 17.8 Å². The minimum absolute atomic E-state index is 0.226. The van der Waals surface area contributed by atoms with Gasteiger partial charge in [-0.3, -0.25) is 4.90 Å². The van der Waals surface area contributed by atoms with E-state index >= 15 is 0 Å². The standard InChI is InChI=1S/C19H34N4O/c1-6-20-19(22-16(4)15-24-5)21-13-17-9-11-18(12-10-17)14-23(7-2)8-3/h9-12,16H,6-8,13-15H2,1-5H3,(H2,20,21,22). The predicted octanol–water partition coefficient (Wildman–Crippen LogP) is 2.62. The third kappa shape index (κ3) is 7.79. The summed E-state index contributed by atoms with van der Waals surface area (Å²) in [5.41, 5.74) is 2.57. The summed E-state index contributed by atoms with van der Waals surface area (Å²) in [5, 5.41) is 6.62. The summed E-state index contributed by atoms with van der Waals surface area (Å²) in [4.78, 5) is 7.07. The van der Waals surface area contributed by atoms with Gasteiger partial charge in [0.1, 0.15) is 0 Å². The molecule has 1 rings (SSSR count). The van der Waals surface area contributed by atoms with Crippen LogP contribution in [0.4, 0.5) is 0 Å². The van der Waals surface area contributed by atoms with E-state index in [1.54, 1.807) is 7.11 Å². The zero-order chi connectivity index (χ0) is 17.8. The average molecular weight is 335 g/mol. The lowest BCUT2D eigenvalue weighted by atomic mass is 10.1. The third-order valence-corrected chi connectivity index (χ3v) is 3.89. The summed E-state index contributed by atoms with van der Waals surface area (Å²) < 4.78 is 5.16. The molecule has 24 heavy (non-hydrogen) atoms. The minimum atomic E-state index is 0.226. The van der Waals surface area contributed by atoms with Crippen LogP contribution in [0.5, 0.6) is 0 Å². The summed E-state index contributed by atoms with van der Waals surface area (Å²) in [6.07, 6.45) is 0. The fourth-order valence-electron chi connectivity index (χ4n) is 2.47. The molecular formula is C19H34N4O. The summed E-state index contributed by atoms with van der Waals surface area (Å²) >= 11 is 0. The Morgan fingerprint density at radius 2 is 1.75 bits per heavy atom. The zero-order valence-electron chi connectivity index (χ0n) is 15.9. The molecule has 1 aromatic rings. The molecule has 0 aliphatic carbocycles. The van der Waals surface area contributed by atoms with Crippen LogP contribution in [0, 0.1) is 0 Å². The number of nitrogens with one attached hydrogen (secondary N) is 2. The Morgan fingerprint density at radius 3 is 2.29 bits per heavy atom. The number of hydrogen-bond acceptors (Lipinski definition) is 3. The fourth-order valence-corrected chi connectivity index (χ4v) is 2.47. The van der Waals surface area contributed by atoms with Crippen LogP contribution in [0.3, 0.4) is 0 Å². The van der Waals surface area contributed by atoms with E-state index in [9.17, 15) is 0 Å².